The number of pyridine rings is 1. The second-order valence-electron chi connectivity index (χ2n) is 6.42. The molecule has 0 radical (unpaired) electrons. The summed E-state index contributed by atoms with van der Waals surface area (Å²) in [6.07, 6.45) is 1.49. The fraction of sp³-hybridized carbons (Fsp3) is 0.158. The van der Waals surface area contributed by atoms with Crippen molar-refractivity contribution in [2.24, 2.45) is 0 Å². The molecule has 3 heterocycles. The number of fused-ring (bicyclic) bond motifs is 1. The number of aromatic nitrogens is 6. The maximum absolute atomic E-state index is 13.8. The Morgan fingerprint density at radius 2 is 1.96 bits per heavy atom. The summed E-state index contributed by atoms with van der Waals surface area (Å²) in [6, 6.07) is 10.0. The lowest BCUT2D eigenvalue weighted by molar-refractivity contribution is -0.117. The second kappa shape index (κ2) is 7.10. The van der Waals surface area contributed by atoms with Gasteiger partial charge >= 0.3 is 0 Å². The predicted octanol–water partition coefficient (Wildman–Crippen LogP) is 1.97. The van der Waals surface area contributed by atoms with E-state index in [-0.39, 0.29) is 24.6 Å². The van der Waals surface area contributed by atoms with Gasteiger partial charge in [0.15, 0.2) is 11.5 Å². The quantitative estimate of drug-likeness (QED) is 0.566. The summed E-state index contributed by atoms with van der Waals surface area (Å²) in [7, 11) is 0. The van der Waals surface area contributed by atoms with E-state index in [4.69, 9.17) is 5.73 Å². The van der Waals surface area contributed by atoms with Gasteiger partial charge in [-0.1, -0.05) is 23.8 Å². The van der Waals surface area contributed by atoms with Gasteiger partial charge in [0.1, 0.15) is 11.6 Å². The standard InChI is InChI=1S/C19H16FN7O/c1-11-5-6-15(20)12(7-11)8-14(28)9-13-10-22-18(25-23-13)16-3-2-4-17-24-26-19(21)27(16)17/h2-7,10H,8-9H2,1H3,(H2,21,26). The molecule has 28 heavy (non-hydrogen) atoms. The molecule has 0 spiro atoms. The molecule has 4 aromatic rings. The third-order valence-electron chi connectivity index (χ3n) is 4.26. The van der Waals surface area contributed by atoms with Gasteiger partial charge in [0, 0.05) is 6.42 Å². The number of carbonyl (C=O) groups is 1. The topological polar surface area (TPSA) is 112 Å². The van der Waals surface area contributed by atoms with Crippen LogP contribution in [0, 0.1) is 12.7 Å². The number of rotatable bonds is 5. The van der Waals surface area contributed by atoms with Gasteiger partial charge in [-0.05, 0) is 30.7 Å². The van der Waals surface area contributed by atoms with Crippen molar-refractivity contribution in [2.45, 2.75) is 19.8 Å². The van der Waals surface area contributed by atoms with E-state index in [0.717, 1.165) is 5.56 Å². The Labute approximate surface area is 159 Å². The number of benzene rings is 1. The third-order valence-corrected chi connectivity index (χ3v) is 4.26. The van der Waals surface area contributed by atoms with Gasteiger partial charge in [-0.3, -0.25) is 9.20 Å². The van der Waals surface area contributed by atoms with Gasteiger partial charge < -0.3 is 5.73 Å². The number of nitrogens with two attached hydrogens (primary N) is 1. The Morgan fingerprint density at radius 1 is 1.11 bits per heavy atom. The number of halogens is 1. The Kier molecular flexibility index (Phi) is 4.48. The van der Waals surface area contributed by atoms with Gasteiger partial charge in [0.2, 0.25) is 5.95 Å². The lowest BCUT2D eigenvalue weighted by Gasteiger charge is -2.06. The fourth-order valence-corrected chi connectivity index (χ4v) is 2.95. The first-order valence-corrected chi connectivity index (χ1v) is 8.56. The monoisotopic (exact) mass is 377 g/mol. The van der Waals surface area contributed by atoms with Crippen LogP contribution in [0.1, 0.15) is 16.8 Å². The Balaban J connectivity index is 1.52. The summed E-state index contributed by atoms with van der Waals surface area (Å²) in [4.78, 5) is 16.6. The zero-order chi connectivity index (χ0) is 19.7. The van der Waals surface area contributed by atoms with Crippen LogP contribution in [0.4, 0.5) is 10.3 Å². The summed E-state index contributed by atoms with van der Waals surface area (Å²) in [5.74, 6) is -0.0108. The van der Waals surface area contributed by atoms with Crippen molar-refractivity contribution < 1.29 is 9.18 Å². The molecule has 0 atom stereocenters. The van der Waals surface area contributed by atoms with Gasteiger partial charge in [0.25, 0.3) is 0 Å². The number of Topliss-reactive ketones (excluding diaryl/α,β-unsaturated/α-hetero) is 1. The number of nitrogens with zero attached hydrogens (tertiary/aromatic N) is 6. The number of hydrogen-bond acceptors (Lipinski definition) is 7. The first-order valence-electron chi connectivity index (χ1n) is 8.56. The minimum Gasteiger partial charge on any atom is -0.368 e. The maximum atomic E-state index is 13.8. The van der Waals surface area contributed by atoms with Crippen LogP contribution in [0.15, 0.2) is 42.6 Å². The van der Waals surface area contributed by atoms with Gasteiger partial charge in [0.05, 0.1) is 24.0 Å². The molecule has 0 fully saturated rings. The largest absolute Gasteiger partial charge is 0.368 e. The van der Waals surface area contributed by atoms with Crippen molar-refractivity contribution in [3.05, 3.63) is 65.2 Å². The maximum Gasteiger partial charge on any atom is 0.227 e. The SMILES string of the molecule is Cc1ccc(F)c(CC(=O)Cc2cnc(-c3cccc4nnc(N)n34)nn2)c1. The van der Waals surface area contributed by atoms with E-state index >= 15 is 0 Å². The molecule has 4 rings (SSSR count). The summed E-state index contributed by atoms with van der Waals surface area (Å²) < 4.78 is 15.4. The van der Waals surface area contributed by atoms with E-state index in [0.29, 0.717) is 28.4 Å². The lowest BCUT2D eigenvalue weighted by Crippen LogP contribution is -2.11. The van der Waals surface area contributed by atoms with E-state index in [2.05, 4.69) is 25.4 Å². The summed E-state index contributed by atoms with van der Waals surface area (Å²) in [5, 5.41) is 16.0. The molecule has 8 nitrogen and oxygen atoms in total. The van der Waals surface area contributed by atoms with E-state index < -0.39 is 5.82 Å². The van der Waals surface area contributed by atoms with Gasteiger partial charge in [-0.15, -0.1) is 15.3 Å². The van der Waals surface area contributed by atoms with Gasteiger partial charge in [-0.25, -0.2) is 9.37 Å². The zero-order valence-electron chi connectivity index (χ0n) is 15.0. The predicted molar refractivity (Wildman–Crippen MR) is 99.8 cm³/mol. The van der Waals surface area contributed by atoms with Crippen LogP contribution in [0.2, 0.25) is 0 Å². The number of aryl methyl sites for hydroxylation is 1. The smallest absolute Gasteiger partial charge is 0.227 e. The van der Waals surface area contributed by atoms with Crippen molar-refractivity contribution in [1.82, 2.24) is 29.8 Å². The molecule has 1 aromatic carbocycles. The van der Waals surface area contributed by atoms with E-state index in [1.54, 1.807) is 34.7 Å². The molecule has 0 aliphatic rings. The van der Waals surface area contributed by atoms with Crippen LogP contribution in [0.3, 0.4) is 0 Å². The highest BCUT2D eigenvalue weighted by molar-refractivity contribution is 5.82. The molecular formula is C19H16FN7O. The average Bonchev–Trinajstić information content (AvgIpc) is 3.07. The molecule has 140 valence electrons. The van der Waals surface area contributed by atoms with Crippen LogP contribution >= 0.6 is 0 Å². The lowest BCUT2D eigenvalue weighted by atomic mass is 10.0. The molecule has 0 amide bonds. The summed E-state index contributed by atoms with van der Waals surface area (Å²) in [5.41, 5.74) is 8.68. The van der Waals surface area contributed by atoms with E-state index in [1.807, 2.05) is 6.92 Å². The molecule has 3 aromatic heterocycles. The van der Waals surface area contributed by atoms with Crippen LogP contribution < -0.4 is 5.73 Å². The third kappa shape index (κ3) is 3.41. The zero-order valence-corrected chi connectivity index (χ0v) is 15.0. The van der Waals surface area contributed by atoms with Crippen molar-refractivity contribution in [3.63, 3.8) is 0 Å². The molecule has 0 aliphatic carbocycles. The van der Waals surface area contributed by atoms with Crippen LogP contribution in [-0.4, -0.2) is 35.6 Å². The van der Waals surface area contributed by atoms with Crippen LogP contribution in [0.25, 0.3) is 17.2 Å². The Bertz CT molecular complexity index is 1170. The molecule has 9 heteroatoms. The minimum absolute atomic E-state index is 0.00646. The van der Waals surface area contributed by atoms with Crippen LogP contribution in [0.5, 0.6) is 0 Å². The number of anilines is 1. The number of hydrogen-bond donors (Lipinski definition) is 1. The molecule has 0 aliphatic heterocycles. The Hall–Kier alpha value is -3.75. The average molecular weight is 377 g/mol. The molecule has 0 unspecified atom stereocenters. The molecule has 0 saturated heterocycles. The first kappa shape index (κ1) is 17.7. The highest BCUT2D eigenvalue weighted by Gasteiger charge is 2.14. The Morgan fingerprint density at radius 3 is 2.75 bits per heavy atom. The summed E-state index contributed by atoms with van der Waals surface area (Å²) >= 11 is 0. The molecular weight excluding hydrogens is 361 g/mol. The van der Waals surface area contributed by atoms with Crippen LogP contribution in [-0.2, 0) is 17.6 Å². The number of nitrogen functional groups attached to an aromatic ring is 1. The molecule has 2 N–H and O–H groups in total. The first-order chi connectivity index (χ1) is 13.5. The number of carbonyl (C=O) groups excluding carboxylic acids is 1. The molecule has 0 bridgehead atoms. The van der Waals surface area contributed by atoms with Gasteiger partial charge in [-0.2, -0.15) is 5.10 Å². The molecule has 0 saturated carbocycles. The van der Waals surface area contributed by atoms with Crippen molar-refractivity contribution in [1.29, 1.82) is 0 Å². The van der Waals surface area contributed by atoms with Crippen molar-refractivity contribution in [2.75, 3.05) is 5.73 Å². The number of ketones is 1. The highest BCUT2D eigenvalue weighted by Crippen LogP contribution is 2.18. The fourth-order valence-electron chi connectivity index (χ4n) is 2.95. The van der Waals surface area contributed by atoms with E-state index in [1.165, 1.54) is 12.3 Å². The normalized spacial score (nSPS) is 11.1. The second-order valence-corrected chi connectivity index (χ2v) is 6.42. The van der Waals surface area contributed by atoms with Crippen molar-refractivity contribution >= 4 is 17.4 Å². The highest BCUT2D eigenvalue weighted by atomic mass is 19.1. The van der Waals surface area contributed by atoms with Crippen molar-refractivity contribution in [3.8, 4) is 11.5 Å². The summed E-state index contributed by atoms with van der Waals surface area (Å²) in [6.45, 7) is 1.85. The minimum atomic E-state index is -0.391. The van der Waals surface area contributed by atoms with E-state index in [9.17, 15) is 9.18 Å².